The van der Waals surface area contributed by atoms with Crippen LogP contribution in [-0.2, 0) is 4.79 Å². The van der Waals surface area contributed by atoms with Crippen molar-refractivity contribution in [2.45, 2.75) is 37.5 Å². The molecule has 0 aliphatic heterocycles. The summed E-state index contributed by atoms with van der Waals surface area (Å²) in [5.41, 5.74) is 17.4. The number of benzene rings is 1. The first kappa shape index (κ1) is 20.0. The molecular formula is C15H25N5O4. The maximum Gasteiger partial charge on any atom is 0.269 e. The van der Waals surface area contributed by atoms with Gasteiger partial charge in [0.1, 0.15) is 0 Å². The van der Waals surface area contributed by atoms with E-state index in [1.54, 1.807) is 0 Å². The number of aliphatic hydroxyl groups is 1. The number of nitrogens with one attached hydrogen (secondary N) is 1. The monoisotopic (exact) mass is 339 g/mol. The average molecular weight is 339 g/mol. The lowest BCUT2D eigenvalue weighted by Gasteiger charge is -2.20. The molecule has 0 aromatic heterocycles. The van der Waals surface area contributed by atoms with Crippen molar-refractivity contribution in [1.82, 2.24) is 5.32 Å². The number of hydrogen-bond acceptors (Lipinski definition) is 7. The normalized spacial score (nSPS) is 14.7. The van der Waals surface area contributed by atoms with Crippen LogP contribution in [0, 0.1) is 10.1 Å². The summed E-state index contributed by atoms with van der Waals surface area (Å²) < 4.78 is 0. The second-order valence-corrected chi connectivity index (χ2v) is 5.59. The summed E-state index contributed by atoms with van der Waals surface area (Å²) >= 11 is 0. The van der Waals surface area contributed by atoms with Crippen LogP contribution in [0.3, 0.4) is 0 Å². The molecule has 0 heterocycles. The third kappa shape index (κ3) is 6.20. The van der Waals surface area contributed by atoms with E-state index in [0.29, 0.717) is 18.5 Å². The third-order valence-corrected chi connectivity index (χ3v) is 3.67. The molecular weight excluding hydrogens is 314 g/mol. The van der Waals surface area contributed by atoms with E-state index >= 15 is 0 Å². The Kier molecular flexibility index (Phi) is 8.27. The van der Waals surface area contributed by atoms with Gasteiger partial charge in [0.05, 0.1) is 23.1 Å². The number of rotatable bonds is 10. The number of nitro groups is 1. The molecule has 134 valence electrons. The van der Waals surface area contributed by atoms with Gasteiger partial charge in [-0.05, 0) is 37.1 Å². The number of aliphatic hydroxyl groups excluding tert-OH is 1. The molecule has 1 amide bonds. The molecule has 24 heavy (non-hydrogen) atoms. The van der Waals surface area contributed by atoms with Crippen LogP contribution >= 0.6 is 0 Å². The number of hydrogen-bond donors (Lipinski definition) is 5. The molecule has 0 bridgehead atoms. The number of nitro benzene ring substituents is 1. The van der Waals surface area contributed by atoms with Crippen LogP contribution in [0.15, 0.2) is 24.3 Å². The summed E-state index contributed by atoms with van der Waals surface area (Å²) in [5.74, 6) is -0.335. The number of unbranched alkanes of at least 4 members (excludes halogenated alkanes) is 1. The zero-order valence-electron chi connectivity index (χ0n) is 13.4. The Hall–Kier alpha value is -2.07. The first-order chi connectivity index (χ1) is 11.4. The molecule has 3 atom stereocenters. The zero-order chi connectivity index (χ0) is 18.1. The highest BCUT2D eigenvalue weighted by atomic mass is 16.6. The largest absolute Gasteiger partial charge is 0.387 e. The lowest BCUT2D eigenvalue weighted by molar-refractivity contribution is -0.384. The number of carbonyl (C=O) groups is 1. The van der Waals surface area contributed by atoms with E-state index in [1.165, 1.54) is 24.3 Å². The Morgan fingerprint density at radius 2 is 1.88 bits per heavy atom. The summed E-state index contributed by atoms with van der Waals surface area (Å²) in [5, 5.41) is 23.4. The van der Waals surface area contributed by atoms with Crippen molar-refractivity contribution in [2.24, 2.45) is 17.2 Å². The second-order valence-electron chi connectivity index (χ2n) is 5.59. The molecule has 0 spiro atoms. The predicted molar refractivity (Wildman–Crippen MR) is 89.9 cm³/mol. The molecule has 0 aliphatic carbocycles. The van der Waals surface area contributed by atoms with Crippen LogP contribution in [0.4, 0.5) is 5.69 Å². The van der Waals surface area contributed by atoms with Gasteiger partial charge in [-0.15, -0.1) is 0 Å². The van der Waals surface area contributed by atoms with E-state index in [4.69, 9.17) is 17.2 Å². The molecule has 1 aromatic carbocycles. The zero-order valence-corrected chi connectivity index (χ0v) is 13.4. The average Bonchev–Trinajstić information content (AvgIpc) is 2.58. The van der Waals surface area contributed by atoms with Crippen LogP contribution in [0.5, 0.6) is 0 Å². The standard InChI is InChI=1S/C15H25N5O4/c16-8-2-1-3-12(17)15(22)19-9-13(18)14(21)10-4-6-11(7-5-10)20(23)24/h4-7,12-14,21H,1-3,8-9,16-18H2,(H,19,22)/t12-,13-,14-/m0/s1. The molecule has 0 saturated heterocycles. The van der Waals surface area contributed by atoms with Crippen LogP contribution in [0.2, 0.25) is 0 Å². The predicted octanol–water partition coefficient (Wildman–Crippen LogP) is -0.472. The Bertz CT molecular complexity index is 537. The van der Waals surface area contributed by atoms with E-state index < -0.39 is 23.1 Å². The molecule has 8 N–H and O–H groups in total. The Balaban J connectivity index is 2.47. The van der Waals surface area contributed by atoms with Gasteiger partial charge in [0.25, 0.3) is 5.69 Å². The minimum Gasteiger partial charge on any atom is -0.387 e. The summed E-state index contributed by atoms with van der Waals surface area (Å²) in [6.45, 7) is 0.599. The summed E-state index contributed by atoms with van der Waals surface area (Å²) in [7, 11) is 0. The maximum absolute atomic E-state index is 11.8. The van der Waals surface area contributed by atoms with Crippen LogP contribution in [0.25, 0.3) is 0 Å². The van der Waals surface area contributed by atoms with E-state index in [-0.39, 0.29) is 18.1 Å². The Morgan fingerprint density at radius 3 is 2.42 bits per heavy atom. The summed E-state index contributed by atoms with van der Waals surface area (Å²) in [6, 6.07) is 4.05. The van der Waals surface area contributed by atoms with E-state index in [2.05, 4.69) is 5.32 Å². The quantitative estimate of drug-likeness (QED) is 0.218. The molecule has 0 fully saturated rings. The maximum atomic E-state index is 11.8. The van der Waals surface area contributed by atoms with E-state index in [0.717, 1.165) is 12.8 Å². The molecule has 0 radical (unpaired) electrons. The van der Waals surface area contributed by atoms with Gasteiger partial charge in [-0.1, -0.05) is 6.42 Å². The van der Waals surface area contributed by atoms with Crippen molar-refractivity contribution in [2.75, 3.05) is 13.1 Å². The summed E-state index contributed by atoms with van der Waals surface area (Å²) in [4.78, 5) is 21.9. The number of amides is 1. The van der Waals surface area contributed by atoms with Gasteiger partial charge in [-0.3, -0.25) is 14.9 Å². The second kappa shape index (κ2) is 9.93. The lowest BCUT2D eigenvalue weighted by Crippen LogP contribution is -2.47. The topological polar surface area (TPSA) is 171 Å². The number of nitrogens with two attached hydrogens (primary N) is 3. The minimum atomic E-state index is -1.06. The highest BCUT2D eigenvalue weighted by Crippen LogP contribution is 2.19. The number of carbonyl (C=O) groups excluding carboxylic acids is 1. The lowest BCUT2D eigenvalue weighted by atomic mass is 10.0. The van der Waals surface area contributed by atoms with E-state index in [9.17, 15) is 20.0 Å². The van der Waals surface area contributed by atoms with Gasteiger partial charge >= 0.3 is 0 Å². The fourth-order valence-corrected chi connectivity index (χ4v) is 2.14. The number of non-ortho nitro benzene ring substituents is 1. The van der Waals surface area contributed by atoms with Gasteiger partial charge in [-0.2, -0.15) is 0 Å². The first-order valence-corrected chi connectivity index (χ1v) is 7.78. The van der Waals surface area contributed by atoms with Crippen LogP contribution in [-0.4, -0.2) is 41.1 Å². The van der Waals surface area contributed by atoms with Crippen molar-refractivity contribution >= 4 is 11.6 Å². The number of nitrogens with zero attached hydrogens (tertiary/aromatic N) is 1. The molecule has 1 rings (SSSR count). The van der Waals surface area contributed by atoms with Crippen molar-refractivity contribution in [1.29, 1.82) is 0 Å². The SMILES string of the molecule is NCCCC[C@H](N)C(=O)NC[C@H](N)[C@@H](O)c1ccc([N+](=O)[O-])cc1. The smallest absolute Gasteiger partial charge is 0.269 e. The minimum absolute atomic E-state index is 0.0432. The van der Waals surface area contributed by atoms with Gasteiger partial charge < -0.3 is 27.6 Å². The van der Waals surface area contributed by atoms with Gasteiger partial charge in [0, 0.05) is 18.7 Å². The highest BCUT2D eigenvalue weighted by Gasteiger charge is 2.20. The molecule has 1 aromatic rings. The van der Waals surface area contributed by atoms with Crippen LogP contribution in [0.1, 0.15) is 30.9 Å². The molecule has 0 unspecified atom stereocenters. The van der Waals surface area contributed by atoms with Crippen LogP contribution < -0.4 is 22.5 Å². The first-order valence-electron chi connectivity index (χ1n) is 7.78. The third-order valence-electron chi connectivity index (χ3n) is 3.67. The fourth-order valence-electron chi connectivity index (χ4n) is 2.14. The molecule has 0 aliphatic rings. The van der Waals surface area contributed by atoms with Gasteiger partial charge in [0.15, 0.2) is 0 Å². The van der Waals surface area contributed by atoms with Crippen molar-refractivity contribution in [3.05, 3.63) is 39.9 Å². The molecule has 0 saturated carbocycles. The molecule has 9 nitrogen and oxygen atoms in total. The Morgan fingerprint density at radius 1 is 1.25 bits per heavy atom. The summed E-state index contributed by atoms with van der Waals surface area (Å²) in [6.07, 6.45) is 1.05. The van der Waals surface area contributed by atoms with Gasteiger partial charge in [-0.25, -0.2) is 0 Å². The fraction of sp³-hybridized carbons (Fsp3) is 0.533. The highest BCUT2D eigenvalue weighted by molar-refractivity contribution is 5.81. The molecule has 9 heteroatoms. The Labute approximate surface area is 140 Å². The van der Waals surface area contributed by atoms with Gasteiger partial charge in [0.2, 0.25) is 5.91 Å². The van der Waals surface area contributed by atoms with E-state index in [1.807, 2.05) is 0 Å². The van der Waals surface area contributed by atoms with Crippen molar-refractivity contribution in [3.8, 4) is 0 Å². The van der Waals surface area contributed by atoms with Crippen molar-refractivity contribution in [3.63, 3.8) is 0 Å². The van der Waals surface area contributed by atoms with Crippen molar-refractivity contribution < 1.29 is 14.8 Å².